The van der Waals surface area contributed by atoms with E-state index >= 15 is 0 Å². The third kappa shape index (κ3) is 1.70. The lowest BCUT2D eigenvalue weighted by molar-refractivity contribution is -0.134. The van der Waals surface area contributed by atoms with E-state index in [-0.39, 0.29) is 12.1 Å². The molecule has 4 atom stereocenters. The van der Waals surface area contributed by atoms with Crippen LogP contribution in [0.5, 0.6) is 11.5 Å². The molecule has 1 aromatic heterocycles. The van der Waals surface area contributed by atoms with Crippen molar-refractivity contribution in [1.29, 1.82) is 0 Å². The lowest BCUT2D eigenvalue weighted by atomic mass is 9.49. The quantitative estimate of drug-likeness (QED) is 0.673. The minimum absolute atomic E-state index is 0.00816. The van der Waals surface area contributed by atoms with E-state index in [0.717, 1.165) is 58.6 Å². The number of fused-ring (bicyclic) bond motifs is 3. The van der Waals surface area contributed by atoms with Crippen molar-refractivity contribution in [3.8, 4) is 11.5 Å². The summed E-state index contributed by atoms with van der Waals surface area (Å²) in [5, 5.41) is 17.0. The number of benzene rings is 2. The Hall–Kier alpha value is -2.63. The number of aromatic nitrogens is 1. The van der Waals surface area contributed by atoms with E-state index in [1.54, 1.807) is 7.11 Å². The van der Waals surface area contributed by atoms with Crippen LogP contribution in [0.15, 0.2) is 42.5 Å². The molecule has 5 nitrogen and oxygen atoms in total. The first-order chi connectivity index (χ1) is 14.2. The van der Waals surface area contributed by atoms with Gasteiger partial charge in [-0.2, -0.15) is 0 Å². The number of rotatable bonds is 1. The monoisotopic (exact) mass is 386 g/mol. The number of hydrogen-bond acceptors (Lipinski definition) is 5. The molecule has 2 bridgehead atoms. The van der Waals surface area contributed by atoms with Gasteiger partial charge in [-0.15, -0.1) is 0 Å². The van der Waals surface area contributed by atoms with Gasteiger partial charge in [0.05, 0.1) is 29.3 Å². The third-order valence-electron chi connectivity index (χ3n) is 7.78. The zero-order chi connectivity index (χ0) is 19.4. The highest BCUT2D eigenvalue weighted by atomic mass is 16.5. The van der Waals surface area contributed by atoms with Crippen molar-refractivity contribution in [1.82, 2.24) is 10.3 Å². The van der Waals surface area contributed by atoms with Gasteiger partial charge in [-0.25, -0.2) is 4.98 Å². The van der Waals surface area contributed by atoms with Crippen molar-refractivity contribution in [2.24, 2.45) is 0 Å². The summed E-state index contributed by atoms with van der Waals surface area (Å²) in [6.45, 7) is 0.867. The first kappa shape index (κ1) is 16.2. The average Bonchev–Trinajstić information content (AvgIpc) is 3.07. The van der Waals surface area contributed by atoms with E-state index in [1.807, 2.05) is 24.3 Å². The van der Waals surface area contributed by atoms with Crippen molar-refractivity contribution in [3.05, 3.63) is 64.8 Å². The molecule has 1 fully saturated rings. The van der Waals surface area contributed by atoms with Crippen LogP contribution in [-0.4, -0.2) is 35.4 Å². The molecular weight excluding hydrogens is 364 g/mol. The van der Waals surface area contributed by atoms with Gasteiger partial charge in [0.15, 0.2) is 17.6 Å². The van der Waals surface area contributed by atoms with Gasteiger partial charge in [0.25, 0.3) is 0 Å². The van der Waals surface area contributed by atoms with Crippen LogP contribution >= 0.6 is 0 Å². The molecule has 3 aromatic rings. The van der Waals surface area contributed by atoms with Crippen molar-refractivity contribution < 1.29 is 14.6 Å². The number of aliphatic hydroxyl groups is 1. The molecule has 1 spiro atoms. The van der Waals surface area contributed by atoms with Crippen LogP contribution < -0.4 is 14.8 Å². The van der Waals surface area contributed by atoms with Gasteiger partial charge in [0, 0.05) is 23.4 Å². The SMILES string of the molecule is COc1ccc2c3c1OC1c4nc5ccccc5cc4CC4(O)[C@H](C2)NCC[C@]314. The molecule has 29 heavy (non-hydrogen) atoms. The standard InChI is InChI=1S/C24H22N2O3/c1-28-17-7-6-14-11-18-24(27)12-15-10-13-4-2-3-5-16(13)26-20(15)22-23(24,8-9-25-18)19(14)21(17)29-22/h2-7,10,18,22,25,27H,8-9,11-12H2,1H3/t18-,22?,23-,24?/m0/s1. The Morgan fingerprint density at radius 3 is 3.00 bits per heavy atom. The largest absolute Gasteiger partial charge is 0.493 e. The maximum Gasteiger partial charge on any atom is 0.166 e. The molecule has 7 rings (SSSR count). The van der Waals surface area contributed by atoms with Crippen molar-refractivity contribution >= 4 is 10.9 Å². The molecule has 2 aliphatic carbocycles. The van der Waals surface area contributed by atoms with Gasteiger partial charge >= 0.3 is 0 Å². The van der Waals surface area contributed by atoms with E-state index in [2.05, 4.69) is 23.5 Å². The van der Waals surface area contributed by atoms with Crippen LogP contribution in [-0.2, 0) is 18.3 Å². The lowest BCUT2D eigenvalue weighted by Gasteiger charge is -2.60. The number of nitrogens with zero attached hydrogens (tertiary/aromatic N) is 1. The maximum atomic E-state index is 12.3. The molecule has 1 saturated heterocycles. The van der Waals surface area contributed by atoms with E-state index in [4.69, 9.17) is 14.5 Å². The third-order valence-corrected chi connectivity index (χ3v) is 7.78. The summed E-state index contributed by atoms with van der Waals surface area (Å²) in [7, 11) is 1.68. The average molecular weight is 386 g/mol. The van der Waals surface area contributed by atoms with Crippen molar-refractivity contribution in [2.45, 2.75) is 42.4 Å². The first-order valence-electron chi connectivity index (χ1n) is 10.4. The summed E-state index contributed by atoms with van der Waals surface area (Å²) in [4.78, 5) is 5.06. The number of ether oxygens (including phenoxy) is 2. The minimum Gasteiger partial charge on any atom is -0.493 e. The number of methoxy groups -OCH3 is 1. The number of piperidine rings is 1. The summed E-state index contributed by atoms with van der Waals surface area (Å²) < 4.78 is 12.3. The Morgan fingerprint density at radius 1 is 1.21 bits per heavy atom. The molecule has 0 radical (unpaired) electrons. The van der Waals surface area contributed by atoms with Gasteiger partial charge in [-0.05, 0) is 48.7 Å². The minimum atomic E-state index is -0.905. The Labute approximate surface area is 168 Å². The zero-order valence-corrected chi connectivity index (χ0v) is 16.2. The fourth-order valence-corrected chi connectivity index (χ4v) is 6.59. The zero-order valence-electron chi connectivity index (χ0n) is 16.2. The molecule has 146 valence electrons. The molecular formula is C24H22N2O3. The second-order valence-corrected chi connectivity index (χ2v) is 8.89. The Bertz CT molecular complexity index is 1210. The number of para-hydroxylation sites is 1. The topological polar surface area (TPSA) is 63.6 Å². The first-order valence-corrected chi connectivity index (χ1v) is 10.4. The second-order valence-electron chi connectivity index (χ2n) is 8.89. The van der Waals surface area contributed by atoms with Gasteiger partial charge in [0.2, 0.25) is 0 Å². The summed E-state index contributed by atoms with van der Waals surface area (Å²) >= 11 is 0. The molecule has 2 aliphatic heterocycles. The van der Waals surface area contributed by atoms with Crippen LogP contribution in [0.2, 0.25) is 0 Å². The van der Waals surface area contributed by atoms with Gasteiger partial charge in [-0.1, -0.05) is 24.3 Å². The highest BCUT2D eigenvalue weighted by Gasteiger charge is 2.71. The number of pyridine rings is 1. The van der Waals surface area contributed by atoms with Crippen LogP contribution in [0.3, 0.4) is 0 Å². The second kappa shape index (κ2) is 5.10. The predicted octanol–water partition coefficient (Wildman–Crippen LogP) is 2.82. The van der Waals surface area contributed by atoms with Crippen molar-refractivity contribution in [3.63, 3.8) is 0 Å². The highest BCUT2D eigenvalue weighted by Crippen LogP contribution is 2.67. The Kier molecular flexibility index (Phi) is 2.85. The van der Waals surface area contributed by atoms with E-state index in [9.17, 15) is 5.11 Å². The normalized spacial score (nSPS) is 33.0. The van der Waals surface area contributed by atoms with Gasteiger partial charge < -0.3 is 19.9 Å². The number of nitrogens with one attached hydrogen (secondary N) is 1. The molecule has 2 unspecified atom stereocenters. The molecule has 3 heterocycles. The van der Waals surface area contributed by atoms with E-state index in [1.165, 1.54) is 5.56 Å². The van der Waals surface area contributed by atoms with Crippen LogP contribution in [0.25, 0.3) is 10.9 Å². The fraction of sp³-hybridized carbons (Fsp3) is 0.375. The van der Waals surface area contributed by atoms with Crippen LogP contribution in [0.4, 0.5) is 0 Å². The Balaban J connectivity index is 1.58. The summed E-state index contributed by atoms with van der Waals surface area (Å²) in [5.41, 5.74) is 4.06. The molecule has 2 aromatic carbocycles. The molecule has 2 N–H and O–H groups in total. The number of hydrogen-bond donors (Lipinski definition) is 2. The smallest absolute Gasteiger partial charge is 0.166 e. The highest BCUT2D eigenvalue weighted by molar-refractivity contribution is 5.80. The molecule has 0 saturated carbocycles. The van der Waals surface area contributed by atoms with Crippen LogP contribution in [0.1, 0.15) is 34.9 Å². The van der Waals surface area contributed by atoms with E-state index in [0.29, 0.717) is 6.42 Å². The maximum absolute atomic E-state index is 12.3. The van der Waals surface area contributed by atoms with Crippen molar-refractivity contribution in [2.75, 3.05) is 13.7 Å². The van der Waals surface area contributed by atoms with Crippen LogP contribution in [0, 0.1) is 0 Å². The summed E-state index contributed by atoms with van der Waals surface area (Å²) in [6.07, 6.45) is 1.92. The predicted molar refractivity (Wildman–Crippen MR) is 109 cm³/mol. The van der Waals surface area contributed by atoms with Gasteiger partial charge in [-0.3, -0.25) is 0 Å². The lowest BCUT2D eigenvalue weighted by Crippen LogP contribution is -2.73. The summed E-state index contributed by atoms with van der Waals surface area (Å²) in [5.74, 6) is 1.55. The summed E-state index contributed by atoms with van der Waals surface area (Å²) in [6, 6.07) is 14.5. The van der Waals surface area contributed by atoms with E-state index < -0.39 is 11.0 Å². The Morgan fingerprint density at radius 2 is 2.10 bits per heavy atom. The fourth-order valence-electron chi connectivity index (χ4n) is 6.59. The molecule has 5 heteroatoms. The molecule has 4 aliphatic rings. The molecule has 0 amide bonds. The van der Waals surface area contributed by atoms with Gasteiger partial charge in [0.1, 0.15) is 0 Å².